The van der Waals surface area contributed by atoms with Crippen LogP contribution in [0.1, 0.15) is 53.9 Å². The van der Waals surface area contributed by atoms with E-state index in [-0.39, 0.29) is 11.3 Å². The topological polar surface area (TPSA) is 101 Å². The molecular formula is C18H21N5O3S. The molecule has 2 aromatic rings. The maximum Gasteiger partial charge on any atom is 0.293 e. The summed E-state index contributed by atoms with van der Waals surface area (Å²) in [4.78, 5) is 25.7. The first-order valence-corrected chi connectivity index (χ1v) is 10.0. The van der Waals surface area contributed by atoms with Gasteiger partial charge in [0.05, 0.1) is 4.92 Å². The van der Waals surface area contributed by atoms with Crippen molar-refractivity contribution in [3.63, 3.8) is 0 Å². The molecule has 0 bridgehead atoms. The van der Waals surface area contributed by atoms with Gasteiger partial charge in [-0.3, -0.25) is 20.2 Å². The van der Waals surface area contributed by atoms with Crippen molar-refractivity contribution in [3.05, 3.63) is 38.9 Å². The zero-order valence-electron chi connectivity index (χ0n) is 15.1. The first-order chi connectivity index (χ1) is 13.0. The van der Waals surface area contributed by atoms with E-state index >= 15 is 0 Å². The molecule has 1 aliphatic carbocycles. The van der Waals surface area contributed by atoms with Crippen LogP contribution in [0.2, 0.25) is 0 Å². The number of nitrogens with one attached hydrogen (secondary N) is 1. The molecule has 1 N–H and O–H groups in total. The third-order valence-corrected chi connectivity index (χ3v) is 6.02. The van der Waals surface area contributed by atoms with Gasteiger partial charge in [-0.15, -0.1) is 10.2 Å². The number of piperidine rings is 1. The molecule has 1 aromatic carbocycles. The van der Waals surface area contributed by atoms with Crippen LogP contribution in [-0.2, 0) is 0 Å². The quantitative estimate of drug-likeness (QED) is 0.618. The molecule has 8 nitrogen and oxygen atoms in total. The minimum absolute atomic E-state index is 0.0346. The molecule has 0 spiro atoms. The Labute approximate surface area is 160 Å². The minimum atomic E-state index is -0.415. The molecule has 1 saturated carbocycles. The van der Waals surface area contributed by atoms with E-state index in [0.29, 0.717) is 22.7 Å². The van der Waals surface area contributed by atoms with Crippen LogP contribution in [0.25, 0.3) is 0 Å². The van der Waals surface area contributed by atoms with Crippen LogP contribution in [0.15, 0.2) is 18.2 Å². The fourth-order valence-corrected chi connectivity index (χ4v) is 4.34. The van der Waals surface area contributed by atoms with E-state index in [1.165, 1.54) is 17.4 Å². The van der Waals surface area contributed by atoms with Gasteiger partial charge in [-0.2, -0.15) is 0 Å². The highest BCUT2D eigenvalue weighted by atomic mass is 32.1. The number of nitro benzene ring substituents is 1. The highest BCUT2D eigenvalue weighted by molar-refractivity contribution is 7.15. The summed E-state index contributed by atoms with van der Waals surface area (Å²) in [6.07, 6.45) is 4.38. The number of anilines is 2. The first kappa shape index (κ1) is 17.8. The first-order valence-electron chi connectivity index (χ1n) is 9.19. The highest BCUT2D eigenvalue weighted by Crippen LogP contribution is 2.42. The van der Waals surface area contributed by atoms with Crippen LogP contribution >= 0.6 is 11.3 Å². The van der Waals surface area contributed by atoms with Crippen molar-refractivity contribution >= 4 is 33.8 Å². The maximum absolute atomic E-state index is 12.5. The van der Waals surface area contributed by atoms with E-state index in [2.05, 4.69) is 22.4 Å². The Kier molecular flexibility index (Phi) is 4.77. The number of carbonyl (C=O) groups is 1. The van der Waals surface area contributed by atoms with Crippen LogP contribution in [-0.4, -0.2) is 34.1 Å². The number of hydrogen-bond acceptors (Lipinski definition) is 7. The Balaban J connectivity index is 1.54. The molecule has 27 heavy (non-hydrogen) atoms. The molecule has 142 valence electrons. The van der Waals surface area contributed by atoms with Gasteiger partial charge in [0.15, 0.2) is 0 Å². The molecule has 2 aliphatic rings. The van der Waals surface area contributed by atoms with Crippen LogP contribution in [0.5, 0.6) is 0 Å². The second-order valence-electron chi connectivity index (χ2n) is 7.33. The summed E-state index contributed by atoms with van der Waals surface area (Å²) < 4.78 is 0. The fourth-order valence-electron chi connectivity index (χ4n) is 3.44. The number of nitrogens with zero attached hydrogens (tertiary/aromatic N) is 4. The molecule has 1 atom stereocenters. The monoisotopic (exact) mass is 387 g/mol. The Bertz CT molecular complexity index is 880. The van der Waals surface area contributed by atoms with Gasteiger partial charge in [0.2, 0.25) is 5.13 Å². The summed E-state index contributed by atoms with van der Waals surface area (Å²) in [5.41, 5.74) is 0.793. The second kappa shape index (κ2) is 7.22. The summed E-state index contributed by atoms with van der Waals surface area (Å²) in [6, 6.07) is 4.67. The van der Waals surface area contributed by atoms with Gasteiger partial charge in [-0.1, -0.05) is 18.3 Å². The highest BCUT2D eigenvalue weighted by Gasteiger charge is 2.28. The smallest absolute Gasteiger partial charge is 0.293 e. The number of rotatable bonds is 5. The number of hydrogen-bond donors (Lipinski definition) is 1. The van der Waals surface area contributed by atoms with E-state index in [1.54, 1.807) is 12.1 Å². The molecule has 1 amide bonds. The van der Waals surface area contributed by atoms with Crippen molar-refractivity contribution in [2.24, 2.45) is 5.92 Å². The largest absolute Gasteiger partial charge is 0.366 e. The van der Waals surface area contributed by atoms with Gasteiger partial charge >= 0.3 is 0 Å². The molecule has 1 aromatic heterocycles. The minimum Gasteiger partial charge on any atom is -0.366 e. The summed E-state index contributed by atoms with van der Waals surface area (Å²) in [7, 11) is 0. The number of aromatic nitrogens is 2. The summed E-state index contributed by atoms with van der Waals surface area (Å²) in [6.45, 7) is 3.74. The molecule has 9 heteroatoms. The summed E-state index contributed by atoms with van der Waals surface area (Å²) >= 11 is 1.37. The third-order valence-electron chi connectivity index (χ3n) is 5.02. The predicted octanol–water partition coefficient (Wildman–Crippen LogP) is 3.81. The number of amides is 1. The lowest BCUT2D eigenvalue weighted by molar-refractivity contribution is -0.384. The second-order valence-corrected chi connectivity index (χ2v) is 8.34. The van der Waals surface area contributed by atoms with Crippen molar-refractivity contribution in [1.29, 1.82) is 0 Å². The Morgan fingerprint density at radius 3 is 2.85 bits per heavy atom. The van der Waals surface area contributed by atoms with Gasteiger partial charge in [-0.05, 0) is 43.7 Å². The van der Waals surface area contributed by atoms with Crippen LogP contribution in [0.4, 0.5) is 16.5 Å². The number of benzene rings is 1. The van der Waals surface area contributed by atoms with Crippen molar-refractivity contribution in [2.75, 3.05) is 23.3 Å². The van der Waals surface area contributed by atoms with Crippen LogP contribution in [0.3, 0.4) is 0 Å². The molecule has 4 rings (SSSR count). The molecule has 0 unspecified atom stereocenters. The van der Waals surface area contributed by atoms with Gasteiger partial charge < -0.3 is 4.90 Å². The maximum atomic E-state index is 12.5. The van der Waals surface area contributed by atoms with E-state index < -0.39 is 10.8 Å². The molecule has 1 aliphatic heterocycles. The third kappa shape index (κ3) is 3.92. The normalized spacial score (nSPS) is 19.7. The number of carbonyl (C=O) groups excluding carboxylic acids is 1. The van der Waals surface area contributed by atoms with Gasteiger partial charge in [0, 0.05) is 30.6 Å². The standard InChI is InChI=1S/C18H21N5O3S/c1-11-3-2-8-22(10-11)14-7-6-13(9-15(14)23(25)26)16(24)19-18-21-20-17(27-18)12-4-5-12/h6-7,9,11-12H,2-5,8,10H2,1H3,(H,19,21,24)/t11-/m1/s1. The molecule has 1 saturated heterocycles. The van der Waals surface area contributed by atoms with Crippen molar-refractivity contribution in [2.45, 2.75) is 38.5 Å². The predicted molar refractivity (Wildman–Crippen MR) is 104 cm³/mol. The van der Waals surface area contributed by atoms with Gasteiger partial charge in [-0.25, -0.2) is 0 Å². The van der Waals surface area contributed by atoms with Crippen molar-refractivity contribution in [1.82, 2.24) is 10.2 Å². The van der Waals surface area contributed by atoms with E-state index in [4.69, 9.17) is 0 Å². The van der Waals surface area contributed by atoms with E-state index in [1.807, 2.05) is 4.90 Å². The van der Waals surface area contributed by atoms with Crippen molar-refractivity contribution < 1.29 is 9.72 Å². The zero-order chi connectivity index (χ0) is 19.0. The molecule has 2 fully saturated rings. The van der Waals surface area contributed by atoms with Gasteiger partial charge in [0.1, 0.15) is 10.7 Å². The fraction of sp³-hybridized carbons (Fsp3) is 0.500. The van der Waals surface area contributed by atoms with Crippen LogP contribution in [0, 0.1) is 16.0 Å². The SMILES string of the molecule is C[C@@H]1CCCN(c2ccc(C(=O)Nc3nnc(C4CC4)s3)cc2[N+](=O)[O-])C1. The van der Waals surface area contributed by atoms with Gasteiger partial charge in [0.25, 0.3) is 11.6 Å². The van der Waals surface area contributed by atoms with Crippen LogP contribution < -0.4 is 10.2 Å². The van der Waals surface area contributed by atoms with E-state index in [0.717, 1.165) is 43.8 Å². The zero-order valence-corrected chi connectivity index (χ0v) is 15.9. The summed E-state index contributed by atoms with van der Waals surface area (Å²) in [5.74, 6) is 0.565. The lowest BCUT2D eigenvalue weighted by Crippen LogP contribution is -2.34. The lowest BCUT2D eigenvalue weighted by atomic mass is 9.99. The molecular weight excluding hydrogens is 366 g/mol. The average Bonchev–Trinajstić information content (AvgIpc) is 3.40. The average molecular weight is 387 g/mol. The Morgan fingerprint density at radius 1 is 1.33 bits per heavy atom. The lowest BCUT2D eigenvalue weighted by Gasteiger charge is -2.32. The summed E-state index contributed by atoms with van der Waals surface area (Å²) in [5, 5.41) is 23.7. The van der Waals surface area contributed by atoms with E-state index in [9.17, 15) is 14.9 Å². The molecule has 2 heterocycles. The Morgan fingerprint density at radius 2 is 2.15 bits per heavy atom. The van der Waals surface area contributed by atoms with Crippen molar-refractivity contribution in [3.8, 4) is 0 Å². The Hall–Kier alpha value is -2.55. The molecule has 0 radical (unpaired) electrons. The number of nitro groups is 1.